The number of nitrogens with zero attached hydrogens (tertiary/aromatic N) is 3. The molecule has 2 aromatic rings. The van der Waals surface area contributed by atoms with Crippen molar-refractivity contribution >= 4 is 11.4 Å². The third-order valence-electron chi connectivity index (χ3n) is 2.09. The summed E-state index contributed by atoms with van der Waals surface area (Å²) in [5.41, 5.74) is 8.28. The number of anilines is 2. The molecule has 0 atom stereocenters. The predicted molar refractivity (Wildman–Crippen MR) is 59.2 cm³/mol. The molecule has 15 heavy (non-hydrogen) atoms. The zero-order valence-corrected chi connectivity index (χ0v) is 8.51. The van der Waals surface area contributed by atoms with E-state index in [9.17, 15) is 0 Å². The van der Waals surface area contributed by atoms with Gasteiger partial charge in [-0.25, -0.2) is 0 Å². The maximum Gasteiger partial charge on any atom is 0.0823 e. The van der Waals surface area contributed by atoms with Crippen LogP contribution in [0.5, 0.6) is 0 Å². The molecular formula is C10H13N5. The molecule has 0 radical (unpaired) electrons. The zero-order chi connectivity index (χ0) is 10.7. The van der Waals surface area contributed by atoms with Crippen LogP contribution in [0.25, 0.3) is 0 Å². The summed E-state index contributed by atoms with van der Waals surface area (Å²) >= 11 is 0. The second-order valence-electron chi connectivity index (χ2n) is 3.30. The van der Waals surface area contributed by atoms with Crippen LogP contribution < -0.4 is 11.1 Å². The van der Waals surface area contributed by atoms with E-state index >= 15 is 0 Å². The van der Waals surface area contributed by atoms with Crippen LogP contribution in [-0.2, 0) is 13.6 Å². The third kappa shape index (κ3) is 2.25. The first kappa shape index (κ1) is 9.51. The Kier molecular flexibility index (Phi) is 2.53. The van der Waals surface area contributed by atoms with Gasteiger partial charge in [-0.2, -0.15) is 5.10 Å². The molecule has 0 saturated heterocycles. The minimum atomic E-state index is 0.609. The fourth-order valence-electron chi connectivity index (χ4n) is 1.30. The largest absolute Gasteiger partial charge is 0.397 e. The average Bonchev–Trinajstić information content (AvgIpc) is 2.63. The number of aryl methyl sites for hydroxylation is 1. The van der Waals surface area contributed by atoms with E-state index in [1.54, 1.807) is 17.1 Å². The Labute approximate surface area is 87.9 Å². The van der Waals surface area contributed by atoms with Crippen molar-refractivity contribution in [1.82, 2.24) is 14.8 Å². The van der Waals surface area contributed by atoms with Crippen molar-refractivity contribution in [3.05, 3.63) is 36.4 Å². The Morgan fingerprint density at radius 1 is 1.53 bits per heavy atom. The lowest BCUT2D eigenvalue weighted by molar-refractivity contribution is 0.768. The lowest BCUT2D eigenvalue weighted by Crippen LogP contribution is -2.04. The molecule has 2 aromatic heterocycles. The smallest absolute Gasteiger partial charge is 0.0823 e. The molecule has 0 amide bonds. The molecular weight excluding hydrogens is 190 g/mol. The topological polar surface area (TPSA) is 68.8 Å². The molecule has 0 fully saturated rings. The number of nitrogens with one attached hydrogen (secondary N) is 1. The molecule has 2 rings (SSSR count). The second-order valence-corrected chi connectivity index (χ2v) is 3.30. The highest BCUT2D eigenvalue weighted by Gasteiger charge is 2.00. The van der Waals surface area contributed by atoms with E-state index in [2.05, 4.69) is 15.4 Å². The first-order chi connectivity index (χ1) is 7.25. The van der Waals surface area contributed by atoms with Crippen molar-refractivity contribution in [2.75, 3.05) is 11.1 Å². The van der Waals surface area contributed by atoms with Crippen LogP contribution in [0, 0.1) is 0 Å². The minimum Gasteiger partial charge on any atom is -0.397 e. The molecule has 0 unspecified atom stereocenters. The van der Waals surface area contributed by atoms with E-state index in [1.807, 2.05) is 25.4 Å². The number of rotatable bonds is 3. The Balaban J connectivity index is 2.02. The van der Waals surface area contributed by atoms with Crippen LogP contribution in [0.1, 0.15) is 5.69 Å². The molecule has 0 bridgehead atoms. The maximum atomic E-state index is 5.77. The van der Waals surface area contributed by atoms with Gasteiger partial charge in [0.05, 0.1) is 29.8 Å². The van der Waals surface area contributed by atoms with Crippen molar-refractivity contribution in [3.63, 3.8) is 0 Å². The quantitative estimate of drug-likeness (QED) is 0.781. The van der Waals surface area contributed by atoms with E-state index in [1.165, 1.54) is 0 Å². The van der Waals surface area contributed by atoms with Crippen LogP contribution in [0.4, 0.5) is 11.4 Å². The Bertz CT molecular complexity index is 449. The van der Waals surface area contributed by atoms with Crippen molar-refractivity contribution in [3.8, 4) is 0 Å². The number of hydrogen-bond acceptors (Lipinski definition) is 4. The molecule has 0 aliphatic heterocycles. The summed E-state index contributed by atoms with van der Waals surface area (Å²) in [6.45, 7) is 0.609. The number of pyridine rings is 1. The monoisotopic (exact) mass is 203 g/mol. The summed E-state index contributed by atoms with van der Waals surface area (Å²) in [4.78, 5) is 4.19. The minimum absolute atomic E-state index is 0.609. The van der Waals surface area contributed by atoms with Gasteiger partial charge in [0.15, 0.2) is 0 Å². The average molecular weight is 203 g/mol. The zero-order valence-electron chi connectivity index (χ0n) is 8.51. The number of aromatic nitrogens is 3. The first-order valence-electron chi connectivity index (χ1n) is 4.67. The van der Waals surface area contributed by atoms with Gasteiger partial charge in [-0.3, -0.25) is 9.67 Å². The molecule has 78 valence electrons. The van der Waals surface area contributed by atoms with Gasteiger partial charge in [0.2, 0.25) is 0 Å². The van der Waals surface area contributed by atoms with Crippen molar-refractivity contribution < 1.29 is 0 Å². The lowest BCUT2D eigenvalue weighted by atomic mass is 10.3. The van der Waals surface area contributed by atoms with Crippen molar-refractivity contribution in [1.29, 1.82) is 0 Å². The van der Waals surface area contributed by atoms with Gasteiger partial charge in [-0.05, 0) is 12.1 Å². The molecule has 0 saturated carbocycles. The SMILES string of the molecule is Cn1cc(NCc2ncccc2N)cn1. The van der Waals surface area contributed by atoms with Gasteiger partial charge < -0.3 is 11.1 Å². The summed E-state index contributed by atoms with van der Waals surface area (Å²) in [5, 5.41) is 7.25. The van der Waals surface area contributed by atoms with Crippen LogP contribution in [0.3, 0.4) is 0 Å². The first-order valence-corrected chi connectivity index (χ1v) is 4.67. The highest BCUT2D eigenvalue weighted by atomic mass is 15.3. The van der Waals surface area contributed by atoms with E-state index < -0.39 is 0 Å². The fraction of sp³-hybridized carbons (Fsp3) is 0.200. The summed E-state index contributed by atoms with van der Waals surface area (Å²) in [6, 6.07) is 3.66. The Morgan fingerprint density at radius 2 is 2.40 bits per heavy atom. The molecule has 3 N–H and O–H groups in total. The third-order valence-corrected chi connectivity index (χ3v) is 2.09. The molecule has 2 heterocycles. The molecule has 0 aliphatic rings. The number of nitrogen functional groups attached to an aromatic ring is 1. The van der Waals surface area contributed by atoms with E-state index in [4.69, 9.17) is 5.73 Å². The lowest BCUT2D eigenvalue weighted by Gasteiger charge is -2.04. The van der Waals surface area contributed by atoms with Crippen LogP contribution in [-0.4, -0.2) is 14.8 Å². The van der Waals surface area contributed by atoms with E-state index in [-0.39, 0.29) is 0 Å². The van der Waals surface area contributed by atoms with Gasteiger partial charge in [-0.1, -0.05) is 0 Å². The van der Waals surface area contributed by atoms with Gasteiger partial charge in [0.25, 0.3) is 0 Å². The molecule has 5 nitrogen and oxygen atoms in total. The highest BCUT2D eigenvalue weighted by molar-refractivity contribution is 5.45. The van der Waals surface area contributed by atoms with Gasteiger partial charge in [-0.15, -0.1) is 0 Å². The van der Waals surface area contributed by atoms with E-state index in [0.29, 0.717) is 12.2 Å². The number of nitrogens with two attached hydrogens (primary N) is 1. The second kappa shape index (κ2) is 4.00. The normalized spacial score (nSPS) is 10.2. The van der Waals surface area contributed by atoms with Gasteiger partial charge in [0.1, 0.15) is 0 Å². The van der Waals surface area contributed by atoms with Gasteiger partial charge >= 0.3 is 0 Å². The van der Waals surface area contributed by atoms with Crippen LogP contribution >= 0.6 is 0 Å². The number of hydrogen-bond donors (Lipinski definition) is 2. The van der Waals surface area contributed by atoms with Crippen LogP contribution in [0.15, 0.2) is 30.7 Å². The van der Waals surface area contributed by atoms with E-state index in [0.717, 1.165) is 11.4 Å². The highest BCUT2D eigenvalue weighted by Crippen LogP contribution is 2.10. The summed E-state index contributed by atoms with van der Waals surface area (Å²) in [5.74, 6) is 0. The standard InChI is InChI=1S/C10H13N5/c1-15-7-8(5-14-15)13-6-10-9(11)3-2-4-12-10/h2-5,7,13H,6,11H2,1H3. The molecule has 5 heteroatoms. The molecule has 0 aromatic carbocycles. The Hall–Kier alpha value is -2.04. The summed E-state index contributed by atoms with van der Waals surface area (Å²) in [6.07, 6.45) is 5.40. The molecule has 0 spiro atoms. The summed E-state index contributed by atoms with van der Waals surface area (Å²) in [7, 11) is 1.88. The maximum absolute atomic E-state index is 5.77. The predicted octanol–water partition coefficient (Wildman–Crippen LogP) is 1.01. The van der Waals surface area contributed by atoms with Crippen LogP contribution in [0.2, 0.25) is 0 Å². The van der Waals surface area contributed by atoms with Gasteiger partial charge in [0, 0.05) is 19.4 Å². The van der Waals surface area contributed by atoms with Crippen molar-refractivity contribution in [2.45, 2.75) is 6.54 Å². The molecule has 0 aliphatic carbocycles. The van der Waals surface area contributed by atoms with Crippen molar-refractivity contribution in [2.24, 2.45) is 7.05 Å². The Morgan fingerprint density at radius 3 is 3.07 bits per heavy atom. The summed E-state index contributed by atoms with van der Waals surface area (Å²) < 4.78 is 1.74. The fourth-order valence-corrected chi connectivity index (χ4v) is 1.30.